The predicted molar refractivity (Wildman–Crippen MR) is 129 cm³/mol. The molecule has 0 bridgehead atoms. The van der Waals surface area contributed by atoms with Crippen molar-refractivity contribution < 1.29 is 14.3 Å². The standard InChI is InChI=1S/C22H25Cl3N4O3/c1-13-5-4-6-14(2)29(13)20(30)12-32-18-8-7-15(9-19(18)31-3)11-26-28-22-17(24)10-16(23)21(25)27-22/h7-11,13-14H,4-6,12H2,1-3H3,(H,27,28)/b26-11+. The van der Waals surface area contributed by atoms with Gasteiger partial charge in [0, 0.05) is 12.1 Å². The maximum atomic E-state index is 12.7. The number of hydrazone groups is 1. The van der Waals surface area contributed by atoms with E-state index in [1.807, 2.05) is 4.90 Å². The summed E-state index contributed by atoms with van der Waals surface area (Å²) >= 11 is 17.9. The second kappa shape index (κ2) is 11.1. The van der Waals surface area contributed by atoms with Gasteiger partial charge in [-0.3, -0.25) is 10.2 Å². The zero-order valence-corrected chi connectivity index (χ0v) is 20.3. The molecule has 1 saturated heterocycles. The van der Waals surface area contributed by atoms with E-state index >= 15 is 0 Å². The van der Waals surface area contributed by atoms with Crippen LogP contribution >= 0.6 is 34.8 Å². The number of carbonyl (C=O) groups excluding carboxylic acids is 1. The van der Waals surface area contributed by atoms with Gasteiger partial charge >= 0.3 is 0 Å². The van der Waals surface area contributed by atoms with Crippen molar-refractivity contribution >= 4 is 52.7 Å². The van der Waals surface area contributed by atoms with Crippen molar-refractivity contribution in [3.8, 4) is 11.5 Å². The summed E-state index contributed by atoms with van der Waals surface area (Å²) in [5.41, 5.74) is 3.47. The molecule has 10 heteroatoms. The Morgan fingerprint density at radius 1 is 1.19 bits per heavy atom. The second-order valence-electron chi connectivity index (χ2n) is 7.59. The summed E-state index contributed by atoms with van der Waals surface area (Å²) in [4.78, 5) is 18.7. The van der Waals surface area contributed by atoms with Crippen molar-refractivity contribution in [2.24, 2.45) is 5.10 Å². The molecule has 1 aliphatic heterocycles. The molecule has 2 unspecified atom stereocenters. The number of halogens is 3. The fourth-order valence-electron chi connectivity index (χ4n) is 3.70. The molecule has 32 heavy (non-hydrogen) atoms. The number of anilines is 1. The van der Waals surface area contributed by atoms with E-state index < -0.39 is 0 Å². The zero-order valence-electron chi connectivity index (χ0n) is 18.1. The molecule has 2 aromatic rings. The Kier molecular flexibility index (Phi) is 8.45. The summed E-state index contributed by atoms with van der Waals surface area (Å²) in [6, 6.07) is 7.21. The molecule has 1 N–H and O–H groups in total. The molecule has 1 fully saturated rings. The minimum absolute atomic E-state index is 0.0207. The Hall–Kier alpha value is -2.22. The van der Waals surface area contributed by atoms with Gasteiger partial charge in [0.25, 0.3) is 5.91 Å². The Labute approximate surface area is 202 Å². The average molecular weight is 500 g/mol. The Bertz CT molecular complexity index is 993. The van der Waals surface area contributed by atoms with Gasteiger partial charge in [-0.15, -0.1) is 0 Å². The molecule has 0 radical (unpaired) electrons. The van der Waals surface area contributed by atoms with Gasteiger partial charge in [0.1, 0.15) is 5.15 Å². The van der Waals surface area contributed by atoms with Crippen LogP contribution in [0.4, 0.5) is 5.82 Å². The highest BCUT2D eigenvalue weighted by molar-refractivity contribution is 6.42. The number of hydrogen-bond donors (Lipinski definition) is 1. The summed E-state index contributed by atoms with van der Waals surface area (Å²) in [5, 5.41) is 4.79. The van der Waals surface area contributed by atoms with Crippen LogP contribution < -0.4 is 14.9 Å². The highest BCUT2D eigenvalue weighted by atomic mass is 35.5. The molecule has 0 spiro atoms. The van der Waals surface area contributed by atoms with Gasteiger partial charge in [-0.25, -0.2) is 4.98 Å². The average Bonchev–Trinajstić information content (AvgIpc) is 2.76. The lowest BCUT2D eigenvalue weighted by atomic mass is 9.97. The molecule has 1 aromatic carbocycles. The van der Waals surface area contributed by atoms with Crippen LogP contribution in [0.3, 0.4) is 0 Å². The van der Waals surface area contributed by atoms with E-state index in [0.717, 1.165) is 24.8 Å². The van der Waals surface area contributed by atoms with Gasteiger partial charge in [0.15, 0.2) is 23.9 Å². The number of hydrogen-bond acceptors (Lipinski definition) is 6. The first-order chi connectivity index (χ1) is 15.3. The number of ether oxygens (including phenoxy) is 2. The smallest absolute Gasteiger partial charge is 0.260 e. The minimum Gasteiger partial charge on any atom is -0.493 e. The van der Waals surface area contributed by atoms with Gasteiger partial charge in [-0.05, 0) is 62.9 Å². The van der Waals surface area contributed by atoms with Gasteiger partial charge in [0.05, 0.1) is 23.4 Å². The van der Waals surface area contributed by atoms with Crippen LogP contribution in [0, 0.1) is 0 Å². The minimum atomic E-state index is -0.0402. The van der Waals surface area contributed by atoms with Gasteiger partial charge < -0.3 is 14.4 Å². The number of aromatic nitrogens is 1. The Balaban J connectivity index is 1.63. The maximum Gasteiger partial charge on any atom is 0.260 e. The molecule has 2 atom stereocenters. The molecule has 2 heterocycles. The first kappa shape index (κ1) is 24.4. The molecule has 0 saturated carbocycles. The molecule has 172 valence electrons. The number of nitrogens with one attached hydrogen (secondary N) is 1. The third-order valence-electron chi connectivity index (χ3n) is 5.29. The normalized spacial score (nSPS) is 18.6. The van der Waals surface area contributed by atoms with Crippen LogP contribution in [0.15, 0.2) is 29.4 Å². The quantitative estimate of drug-likeness (QED) is 0.302. The van der Waals surface area contributed by atoms with E-state index in [9.17, 15) is 4.79 Å². The lowest BCUT2D eigenvalue weighted by Gasteiger charge is -2.39. The van der Waals surface area contributed by atoms with E-state index in [2.05, 4.69) is 29.4 Å². The first-order valence-electron chi connectivity index (χ1n) is 10.2. The molecule has 1 aromatic heterocycles. The highest BCUT2D eigenvalue weighted by Crippen LogP contribution is 2.30. The number of pyridine rings is 1. The van der Waals surface area contributed by atoms with E-state index in [1.54, 1.807) is 24.4 Å². The zero-order chi connectivity index (χ0) is 23.3. The van der Waals surface area contributed by atoms with Crippen LogP contribution in [0.2, 0.25) is 15.2 Å². The van der Waals surface area contributed by atoms with E-state index in [-0.39, 0.29) is 40.6 Å². The van der Waals surface area contributed by atoms with Crippen LogP contribution in [0.25, 0.3) is 0 Å². The molecular formula is C22H25Cl3N4O3. The highest BCUT2D eigenvalue weighted by Gasteiger charge is 2.29. The van der Waals surface area contributed by atoms with Crippen molar-refractivity contribution in [1.29, 1.82) is 0 Å². The number of rotatable bonds is 7. The molecule has 7 nitrogen and oxygen atoms in total. The summed E-state index contributed by atoms with van der Waals surface area (Å²) in [5.74, 6) is 1.24. The number of benzene rings is 1. The summed E-state index contributed by atoms with van der Waals surface area (Å²) in [6.45, 7) is 4.12. The summed E-state index contributed by atoms with van der Waals surface area (Å²) in [6.07, 6.45) is 4.75. The monoisotopic (exact) mass is 498 g/mol. The number of amides is 1. The fraction of sp³-hybridized carbons (Fsp3) is 0.409. The molecule has 1 aliphatic rings. The van der Waals surface area contributed by atoms with Crippen LogP contribution in [0.1, 0.15) is 38.7 Å². The van der Waals surface area contributed by atoms with Crippen LogP contribution in [0.5, 0.6) is 11.5 Å². The third kappa shape index (κ3) is 5.97. The molecule has 3 rings (SSSR count). The van der Waals surface area contributed by atoms with Gasteiger partial charge in [-0.1, -0.05) is 34.8 Å². The predicted octanol–water partition coefficient (Wildman–Crippen LogP) is 5.66. The van der Waals surface area contributed by atoms with Crippen molar-refractivity contribution in [3.05, 3.63) is 45.0 Å². The molecule has 0 aliphatic carbocycles. The van der Waals surface area contributed by atoms with Crippen molar-refractivity contribution in [3.63, 3.8) is 0 Å². The number of carbonyl (C=O) groups is 1. The van der Waals surface area contributed by atoms with Crippen molar-refractivity contribution in [1.82, 2.24) is 9.88 Å². The second-order valence-corrected chi connectivity index (χ2v) is 8.76. The van der Waals surface area contributed by atoms with Crippen LogP contribution in [-0.4, -0.2) is 47.8 Å². The van der Waals surface area contributed by atoms with Gasteiger partial charge in [-0.2, -0.15) is 5.10 Å². The largest absolute Gasteiger partial charge is 0.493 e. The van der Waals surface area contributed by atoms with E-state index in [1.165, 1.54) is 13.2 Å². The number of piperidine rings is 1. The SMILES string of the molecule is COc1cc(/C=N/Nc2nc(Cl)c(Cl)cc2Cl)ccc1OCC(=O)N1C(C)CCCC1C. The van der Waals surface area contributed by atoms with Crippen LogP contribution in [-0.2, 0) is 4.79 Å². The lowest BCUT2D eigenvalue weighted by Crippen LogP contribution is -2.49. The third-order valence-corrected chi connectivity index (χ3v) is 6.25. The summed E-state index contributed by atoms with van der Waals surface area (Å²) in [7, 11) is 1.54. The maximum absolute atomic E-state index is 12.7. The molecular weight excluding hydrogens is 475 g/mol. The summed E-state index contributed by atoms with van der Waals surface area (Å²) < 4.78 is 11.2. The topological polar surface area (TPSA) is 76.0 Å². The number of methoxy groups -OCH3 is 1. The van der Waals surface area contributed by atoms with Crippen molar-refractivity contribution in [2.45, 2.75) is 45.2 Å². The van der Waals surface area contributed by atoms with E-state index in [4.69, 9.17) is 44.3 Å². The first-order valence-corrected chi connectivity index (χ1v) is 11.4. The Morgan fingerprint density at radius 2 is 1.91 bits per heavy atom. The fourth-order valence-corrected chi connectivity index (χ4v) is 4.24. The number of nitrogens with zero attached hydrogens (tertiary/aromatic N) is 3. The van der Waals surface area contributed by atoms with E-state index in [0.29, 0.717) is 16.5 Å². The lowest BCUT2D eigenvalue weighted by molar-refractivity contribution is -0.139. The van der Waals surface area contributed by atoms with Crippen molar-refractivity contribution in [2.75, 3.05) is 19.1 Å². The van der Waals surface area contributed by atoms with Gasteiger partial charge in [0.2, 0.25) is 0 Å². The Morgan fingerprint density at radius 3 is 2.59 bits per heavy atom. The molecule has 1 amide bonds. The number of likely N-dealkylation sites (tertiary alicyclic amines) is 1.